The first-order valence-electron chi connectivity index (χ1n) is 6.32. The Balaban J connectivity index is 2.28. The molecule has 0 fully saturated rings. The first-order chi connectivity index (χ1) is 9.26. The van der Waals surface area contributed by atoms with Crippen LogP contribution < -0.4 is 0 Å². The van der Waals surface area contributed by atoms with Crippen LogP contribution in [0.5, 0.6) is 0 Å². The van der Waals surface area contributed by atoms with Crippen molar-refractivity contribution in [1.29, 1.82) is 5.26 Å². The molecule has 2 aromatic rings. The minimum absolute atomic E-state index is 0.417. The van der Waals surface area contributed by atoms with Crippen LogP contribution in [0, 0.1) is 11.3 Å². The lowest BCUT2D eigenvalue weighted by atomic mass is 10.1. The van der Waals surface area contributed by atoms with Crippen molar-refractivity contribution < 1.29 is 0 Å². The van der Waals surface area contributed by atoms with Crippen LogP contribution in [-0.4, -0.2) is 15.0 Å². The molecule has 1 heterocycles. The van der Waals surface area contributed by atoms with E-state index in [0.29, 0.717) is 17.3 Å². The van der Waals surface area contributed by atoms with Gasteiger partial charge < -0.3 is 0 Å². The van der Waals surface area contributed by atoms with Crippen LogP contribution in [0.1, 0.15) is 36.7 Å². The van der Waals surface area contributed by atoms with E-state index in [1.54, 1.807) is 4.68 Å². The third-order valence-electron chi connectivity index (χ3n) is 2.99. The molecule has 0 saturated heterocycles. The minimum Gasteiger partial charge on any atom is -0.244 e. The summed E-state index contributed by atoms with van der Waals surface area (Å²) in [6.07, 6.45) is 2.91. The second kappa shape index (κ2) is 6.35. The number of benzene rings is 1. The normalized spacial score (nSPS) is 10.4. The Labute approximate surface area is 117 Å². The third kappa shape index (κ3) is 3.12. The minimum atomic E-state index is 0.417. The van der Waals surface area contributed by atoms with Gasteiger partial charge in [-0.05, 0) is 24.5 Å². The molecular weight excluding hydrogens is 260 g/mol. The van der Waals surface area contributed by atoms with Crippen LogP contribution in [0.25, 0.3) is 0 Å². The van der Waals surface area contributed by atoms with Crippen LogP contribution in [-0.2, 0) is 13.0 Å². The maximum Gasteiger partial charge on any atom is 0.185 e. The predicted molar refractivity (Wildman–Crippen MR) is 73.9 cm³/mol. The maximum atomic E-state index is 9.06. The van der Waals surface area contributed by atoms with E-state index in [2.05, 4.69) is 23.3 Å². The number of halogens is 1. The SMILES string of the molecule is CCCCc1c(C#N)nnn1Cc1ccccc1Cl. The summed E-state index contributed by atoms with van der Waals surface area (Å²) in [7, 11) is 0. The number of nitriles is 1. The van der Waals surface area contributed by atoms with Crippen molar-refractivity contribution in [2.75, 3.05) is 0 Å². The molecule has 0 N–H and O–H groups in total. The molecular formula is C14H15ClN4. The molecule has 5 heteroatoms. The highest BCUT2D eigenvalue weighted by Crippen LogP contribution is 2.18. The van der Waals surface area contributed by atoms with Gasteiger partial charge in [-0.25, -0.2) is 4.68 Å². The van der Waals surface area contributed by atoms with Crippen LogP contribution in [0.3, 0.4) is 0 Å². The van der Waals surface area contributed by atoms with Gasteiger partial charge in [-0.1, -0.05) is 48.4 Å². The highest BCUT2D eigenvalue weighted by atomic mass is 35.5. The highest BCUT2D eigenvalue weighted by Gasteiger charge is 2.13. The zero-order valence-electron chi connectivity index (χ0n) is 10.8. The van der Waals surface area contributed by atoms with Gasteiger partial charge in [0.05, 0.1) is 12.2 Å². The molecule has 2 rings (SSSR count). The lowest BCUT2D eigenvalue weighted by Gasteiger charge is -2.07. The summed E-state index contributed by atoms with van der Waals surface area (Å²) in [5.41, 5.74) is 2.29. The molecule has 1 aromatic heterocycles. The predicted octanol–water partition coefficient (Wildman–Crippen LogP) is 3.19. The molecule has 19 heavy (non-hydrogen) atoms. The summed E-state index contributed by atoms with van der Waals surface area (Å²) < 4.78 is 1.77. The van der Waals surface area contributed by atoms with E-state index < -0.39 is 0 Å². The van der Waals surface area contributed by atoms with Crippen molar-refractivity contribution in [2.24, 2.45) is 0 Å². The number of hydrogen-bond acceptors (Lipinski definition) is 3. The van der Waals surface area contributed by atoms with Gasteiger partial charge in [0.25, 0.3) is 0 Å². The van der Waals surface area contributed by atoms with Gasteiger partial charge in [0.1, 0.15) is 6.07 Å². The zero-order valence-corrected chi connectivity index (χ0v) is 11.6. The van der Waals surface area contributed by atoms with Crippen LogP contribution >= 0.6 is 11.6 Å². The third-order valence-corrected chi connectivity index (χ3v) is 3.36. The molecule has 0 aliphatic carbocycles. The molecule has 98 valence electrons. The Kier molecular flexibility index (Phi) is 4.53. The standard InChI is InChI=1S/C14H15ClN4/c1-2-3-8-14-13(9-16)17-18-19(14)10-11-6-4-5-7-12(11)15/h4-7H,2-3,8,10H2,1H3. The van der Waals surface area contributed by atoms with Crippen LogP contribution in [0.4, 0.5) is 0 Å². The summed E-state index contributed by atoms with van der Waals surface area (Å²) in [4.78, 5) is 0. The smallest absolute Gasteiger partial charge is 0.185 e. The Hall–Kier alpha value is -1.86. The lowest BCUT2D eigenvalue weighted by molar-refractivity contribution is 0.606. The molecule has 0 aliphatic rings. The van der Waals surface area contributed by atoms with Crippen molar-refractivity contribution in [3.05, 3.63) is 46.2 Å². The van der Waals surface area contributed by atoms with E-state index in [1.165, 1.54) is 0 Å². The van der Waals surface area contributed by atoms with E-state index in [0.717, 1.165) is 30.5 Å². The number of rotatable bonds is 5. The Morgan fingerprint density at radius 2 is 2.16 bits per heavy atom. The van der Waals surface area contributed by atoms with Gasteiger partial charge in [0.2, 0.25) is 0 Å². The molecule has 0 bridgehead atoms. The summed E-state index contributed by atoms with van der Waals surface area (Å²) >= 11 is 6.14. The van der Waals surface area contributed by atoms with Crippen molar-refractivity contribution in [2.45, 2.75) is 32.7 Å². The van der Waals surface area contributed by atoms with Crippen LogP contribution in [0.15, 0.2) is 24.3 Å². The van der Waals surface area contributed by atoms with Gasteiger partial charge in [0.15, 0.2) is 5.69 Å². The molecule has 0 aliphatic heterocycles. The van der Waals surface area contributed by atoms with Gasteiger partial charge in [-0.3, -0.25) is 0 Å². The number of unbranched alkanes of at least 4 members (excludes halogenated alkanes) is 1. The second-order valence-electron chi connectivity index (χ2n) is 4.35. The molecule has 0 amide bonds. The first-order valence-corrected chi connectivity index (χ1v) is 6.70. The van der Waals surface area contributed by atoms with E-state index >= 15 is 0 Å². The zero-order chi connectivity index (χ0) is 13.7. The van der Waals surface area contributed by atoms with Crippen molar-refractivity contribution in [3.8, 4) is 6.07 Å². The van der Waals surface area contributed by atoms with Crippen molar-refractivity contribution in [3.63, 3.8) is 0 Å². The molecule has 0 radical (unpaired) electrons. The lowest BCUT2D eigenvalue weighted by Crippen LogP contribution is -2.07. The number of nitrogens with zero attached hydrogens (tertiary/aromatic N) is 4. The van der Waals surface area contributed by atoms with E-state index in [4.69, 9.17) is 16.9 Å². The Morgan fingerprint density at radius 1 is 1.37 bits per heavy atom. The van der Waals surface area contributed by atoms with E-state index in [1.807, 2.05) is 24.3 Å². The molecule has 0 unspecified atom stereocenters. The highest BCUT2D eigenvalue weighted by molar-refractivity contribution is 6.31. The fraction of sp³-hybridized carbons (Fsp3) is 0.357. The largest absolute Gasteiger partial charge is 0.244 e. The van der Waals surface area contributed by atoms with E-state index in [9.17, 15) is 0 Å². The van der Waals surface area contributed by atoms with Crippen molar-refractivity contribution in [1.82, 2.24) is 15.0 Å². The van der Waals surface area contributed by atoms with Crippen molar-refractivity contribution >= 4 is 11.6 Å². The Bertz CT molecular complexity index is 598. The summed E-state index contributed by atoms with van der Waals surface area (Å²) in [6, 6.07) is 9.74. The fourth-order valence-corrected chi connectivity index (χ4v) is 2.12. The molecule has 1 aromatic carbocycles. The average Bonchev–Trinajstić information content (AvgIpc) is 2.81. The van der Waals surface area contributed by atoms with Gasteiger partial charge in [0, 0.05) is 5.02 Å². The molecule has 0 saturated carbocycles. The fourth-order valence-electron chi connectivity index (χ4n) is 1.93. The quantitative estimate of drug-likeness (QED) is 0.841. The number of aromatic nitrogens is 3. The second-order valence-corrected chi connectivity index (χ2v) is 4.76. The Morgan fingerprint density at radius 3 is 2.84 bits per heavy atom. The monoisotopic (exact) mass is 274 g/mol. The van der Waals surface area contributed by atoms with Gasteiger partial charge in [-0.15, -0.1) is 5.10 Å². The van der Waals surface area contributed by atoms with E-state index in [-0.39, 0.29) is 0 Å². The average molecular weight is 275 g/mol. The van der Waals surface area contributed by atoms with Gasteiger partial charge >= 0.3 is 0 Å². The summed E-state index contributed by atoms with van der Waals surface area (Å²) in [5.74, 6) is 0. The molecule has 4 nitrogen and oxygen atoms in total. The summed E-state index contributed by atoms with van der Waals surface area (Å²) in [5, 5.41) is 17.8. The molecule has 0 atom stereocenters. The van der Waals surface area contributed by atoms with Crippen LogP contribution in [0.2, 0.25) is 5.02 Å². The maximum absolute atomic E-state index is 9.06. The topological polar surface area (TPSA) is 54.5 Å². The number of hydrogen-bond donors (Lipinski definition) is 0. The van der Waals surface area contributed by atoms with Gasteiger partial charge in [-0.2, -0.15) is 5.26 Å². The summed E-state index contributed by atoms with van der Waals surface area (Å²) in [6.45, 7) is 2.67. The first kappa shape index (κ1) is 13.6. The molecule has 0 spiro atoms.